The number of ether oxygens (including phenoxy) is 1. The number of alkyl halides is 2. The van der Waals surface area contributed by atoms with Gasteiger partial charge < -0.3 is 9.26 Å². The highest BCUT2D eigenvalue weighted by Crippen LogP contribution is 2.34. The van der Waals surface area contributed by atoms with Crippen LogP contribution in [-0.2, 0) is 0 Å². The van der Waals surface area contributed by atoms with Gasteiger partial charge in [0.25, 0.3) is 0 Å². The predicted molar refractivity (Wildman–Crippen MR) is 57.2 cm³/mol. The lowest BCUT2D eigenvalue weighted by molar-refractivity contribution is -0.0498. The van der Waals surface area contributed by atoms with Gasteiger partial charge in [-0.25, -0.2) is 0 Å². The molecule has 0 unspecified atom stereocenters. The van der Waals surface area contributed by atoms with E-state index < -0.39 is 14.8 Å². The molecular formula is C10H13F2O2P. The van der Waals surface area contributed by atoms with Gasteiger partial charge in [0.15, 0.2) is 0 Å². The zero-order valence-corrected chi connectivity index (χ0v) is 9.72. The van der Waals surface area contributed by atoms with Crippen LogP contribution in [0.25, 0.3) is 0 Å². The van der Waals surface area contributed by atoms with E-state index >= 15 is 0 Å². The monoisotopic (exact) mass is 234 g/mol. The summed E-state index contributed by atoms with van der Waals surface area (Å²) in [7, 11) is -0.569. The van der Waals surface area contributed by atoms with Gasteiger partial charge in [-0.15, -0.1) is 0 Å². The van der Waals surface area contributed by atoms with Crippen molar-refractivity contribution in [1.82, 2.24) is 0 Å². The quantitative estimate of drug-likeness (QED) is 0.740. The lowest BCUT2D eigenvalue weighted by atomic mass is 10.2. The Hall–Kier alpha value is -0.890. The SMILES string of the molecule is Cc1ccc(OC(F)F)cc1OP(C)C. The van der Waals surface area contributed by atoms with Gasteiger partial charge in [-0.3, -0.25) is 0 Å². The first-order valence-electron chi connectivity index (χ1n) is 4.40. The van der Waals surface area contributed by atoms with Crippen LogP contribution in [-0.4, -0.2) is 19.9 Å². The largest absolute Gasteiger partial charge is 0.474 e. The Kier molecular flexibility index (Phi) is 4.28. The van der Waals surface area contributed by atoms with Gasteiger partial charge in [0.05, 0.1) is 8.15 Å². The van der Waals surface area contributed by atoms with Gasteiger partial charge in [-0.05, 0) is 31.9 Å². The topological polar surface area (TPSA) is 18.5 Å². The maximum atomic E-state index is 12.0. The minimum atomic E-state index is -2.80. The number of hydrogen-bond donors (Lipinski definition) is 0. The van der Waals surface area contributed by atoms with Gasteiger partial charge in [-0.2, -0.15) is 8.78 Å². The van der Waals surface area contributed by atoms with E-state index in [0.717, 1.165) is 5.56 Å². The van der Waals surface area contributed by atoms with Crippen LogP contribution in [0.2, 0.25) is 0 Å². The molecule has 0 spiro atoms. The lowest BCUT2D eigenvalue weighted by Crippen LogP contribution is -2.02. The van der Waals surface area contributed by atoms with Crippen molar-refractivity contribution < 1.29 is 18.0 Å². The summed E-state index contributed by atoms with van der Waals surface area (Å²) in [6, 6.07) is 4.69. The maximum Gasteiger partial charge on any atom is 0.387 e. The number of aryl methyl sites for hydroxylation is 1. The smallest absolute Gasteiger partial charge is 0.387 e. The minimum absolute atomic E-state index is 0.127. The van der Waals surface area contributed by atoms with E-state index in [2.05, 4.69) is 4.74 Å². The zero-order chi connectivity index (χ0) is 11.4. The number of halogens is 2. The number of rotatable bonds is 4. The van der Waals surface area contributed by atoms with Crippen molar-refractivity contribution in [3.05, 3.63) is 23.8 Å². The molecule has 5 heteroatoms. The van der Waals surface area contributed by atoms with Gasteiger partial charge in [0.2, 0.25) is 0 Å². The van der Waals surface area contributed by atoms with Crippen LogP contribution in [0, 0.1) is 6.92 Å². The molecule has 0 aliphatic rings. The first-order chi connectivity index (χ1) is 6.99. The molecule has 1 aromatic carbocycles. The van der Waals surface area contributed by atoms with Crippen molar-refractivity contribution in [2.75, 3.05) is 13.3 Å². The van der Waals surface area contributed by atoms with Gasteiger partial charge in [0, 0.05) is 6.07 Å². The average molecular weight is 234 g/mol. The summed E-state index contributed by atoms with van der Waals surface area (Å²) < 4.78 is 33.7. The first kappa shape index (κ1) is 12.2. The second-order valence-electron chi connectivity index (χ2n) is 3.21. The summed E-state index contributed by atoms with van der Waals surface area (Å²) in [6.07, 6.45) is 0. The van der Waals surface area contributed by atoms with Crippen LogP contribution in [0.15, 0.2) is 18.2 Å². The van der Waals surface area contributed by atoms with Crippen molar-refractivity contribution in [3.8, 4) is 11.5 Å². The Labute approximate surface area is 89.0 Å². The summed E-state index contributed by atoms with van der Waals surface area (Å²) in [4.78, 5) is 0. The molecule has 0 radical (unpaired) electrons. The van der Waals surface area contributed by atoms with E-state index in [1.165, 1.54) is 12.1 Å². The van der Waals surface area contributed by atoms with E-state index in [9.17, 15) is 8.78 Å². The summed E-state index contributed by atoms with van der Waals surface area (Å²) >= 11 is 0. The second kappa shape index (κ2) is 5.26. The van der Waals surface area contributed by atoms with Crippen LogP contribution in [0.4, 0.5) is 8.78 Å². The summed E-state index contributed by atoms with van der Waals surface area (Å²) in [5, 5.41) is 0. The molecule has 0 amide bonds. The van der Waals surface area contributed by atoms with E-state index in [-0.39, 0.29) is 5.75 Å². The van der Waals surface area contributed by atoms with Crippen molar-refractivity contribution in [3.63, 3.8) is 0 Å². The Balaban J connectivity index is 2.85. The van der Waals surface area contributed by atoms with E-state index in [4.69, 9.17) is 4.52 Å². The second-order valence-corrected chi connectivity index (χ2v) is 5.02. The minimum Gasteiger partial charge on any atom is -0.474 e. The summed E-state index contributed by atoms with van der Waals surface area (Å²) in [5.41, 5.74) is 0.910. The van der Waals surface area contributed by atoms with Gasteiger partial charge >= 0.3 is 6.61 Å². The fraction of sp³-hybridized carbons (Fsp3) is 0.400. The molecular weight excluding hydrogens is 221 g/mol. The van der Waals surface area contributed by atoms with Crippen LogP contribution in [0.5, 0.6) is 11.5 Å². The average Bonchev–Trinajstić information content (AvgIpc) is 2.09. The standard InChI is InChI=1S/C10H13F2O2P/c1-7-4-5-8(13-10(11)12)6-9(7)14-15(2)3/h4-6,10H,1-3H3. The summed E-state index contributed by atoms with van der Waals surface area (Å²) in [6.45, 7) is 2.94. The van der Waals surface area contributed by atoms with Crippen molar-refractivity contribution >= 4 is 8.15 Å². The third-order valence-electron chi connectivity index (χ3n) is 1.67. The van der Waals surface area contributed by atoms with E-state index in [1.54, 1.807) is 6.07 Å². The van der Waals surface area contributed by atoms with E-state index in [0.29, 0.717) is 5.75 Å². The highest BCUT2D eigenvalue weighted by atomic mass is 31.1. The third-order valence-corrected chi connectivity index (χ3v) is 2.23. The Morgan fingerprint density at radius 1 is 1.27 bits per heavy atom. The van der Waals surface area contributed by atoms with Crippen LogP contribution >= 0.6 is 8.15 Å². The normalized spacial score (nSPS) is 10.9. The van der Waals surface area contributed by atoms with Crippen LogP contribution in [0.1, 0.15) is 5.56 Å². The molecule has 1 rings (SSSR count). The van der Waals surface area contributed by atoms with Crippen molar-refractivity contribution in [2.24, 2.45) is 0 Å². The Morgan fingerprint density at radius 3 is 2.47 bits per heavy atom. The summed E-state index contributed by atoms with van der Waals surface area (Å²) in [5.74, 6) is 0.728. The third kappa shape index (κ3) is 4.00. The van der Waals surface area contributed by atoms with Crippen molar-refractivity contribution in [2.45, 2.75) is 13.5 Å². The predicted octanol–water partition coefficient (Wildman–Crippen LogP) is 3.63. The van der Waals surface area contributed by atoms with Gasteiger partial charge in [0.1, 0.15) is 11.5 Å². The zero-order valence-electron chi connectivity index (χ0n) is 8.83. The highest BCUT2D eigenvalue weighted by molar-refractivity contribution is 7.51. The molecule has 0 saturated carbocycles. The first-order valence-corrected chi connectivity index (χ1v) is 6.55. The molecule has 0 bridgehead atoms. The lowest BCUT2D eigenvalue weighted by Gasteiger charge is -2.13. The molecule has 0 heterocycles. The maximum absolute atomic E-state index is 12.0. The Bertz CT molecular complexity index is 329. The number of benzene rings is 1. The Morgan fingerprint density at radius 2 is 1.93 bits per heavy atom. The fourth-order valence-electron chi connectivity index (χ4n) is 1.05. The van der Waals surface area contributed by atoms with Crippen LogP contribution < -0.4 is 9.26 Å². The molecule has 0 saturated heterocycles. The molecule has 0 aliphatic carbocycles. The van der Waals surface area contributed by atoms with Crippen LogP contribution in [0.3, 0.4) is 0 Å². The molecule has 0 aromatic heterocycles. The fourth-order valence-corrected chi connectivity index (χ4v) is 1.64. The molecule has 84 valence electrons. The van der Waals surface area contributed by atoms with Gasteiger partial charge in [-0.1, -0.05) is 6.07 Å². The molecule has 0 N–H and O–H groups in total. The van der Waals surface area contributed by atoms with E-state index in [1.807, 2.05) is 20.3 Å². The molecule has 2 nitrogen and oxygen atoms in total. The molecule has 0 atom stereocenters. The molecule has 15 heavy (non-hydrogen) atoms. The molecule has 1 aromatic rings. The molecule has 0 fully saturated rings. The van der Waals surface area contributed by atoms with Crippen molar-refractivity contribution in [1.29, 1.82) is 0 Å². The number of hydrogen-bond acceptors (Lipinski definition) is 2. The highest BCUT2D eigenvalue weighted by Gasteiger charge is 2.08. The molecule has 0 aliphatic heterocycles.